The first kappa shape index (κ1) is 23.0. The van der Waals surface area contributed by atoms with Gasteiger partial charge in [0.2, 0.25) is 15.9 Å². The smallest absolute Gasteiger partial charge is 0.310 e. The highest BCUT2D eigenvalue weighted by Crippen LogP contribution is 2.22. The molecule has 1 fully saturated rings. The van der Waals surface area contributed by atoms with E-state index in [4.69, 9.17) is 0 Å². The van der Waals surface area contributed by atoms with E-state index in [2.05, 4.69) is 14.4 Å². The molecule has 1 unspecified atom stereocenters. The Kier molecular flexibility index (Phi) is 8.31. The van der Waals surface area contributed by atoms with E-state index >= 15 is 0 Å². The minimum absolute atomic E-state index is 0.113. The van der Waals surface area contributed by atoms with Gasteiger partial charge in [0.05, 0.1) is 13.0 Å². The molecule has 1 heterocycles. The quantitative estimate of drug-likeness (QED) is 0.609. The Balaban J connectivity index is 1.95. The van der Waals surface area contributed by atoms with Crippen LogP contribution in [-0.4, -0.2) is 64.2 Å². The summed E-state index contributed by atoms with van der Waals surface area (Å²) in [5.41, 5.74) is 1.49. The number of carbonyl (C=O) groups excluding carboxylic acids is 2. The highest BCUT2D eigenvalue weighted by atomic mass is 32.2. The van der Waals surface area contributed by atoms with Gasteiger partial charge in [-0.25, -0.2) is 8.42 Å². The lowest BCUT2D eigenvalue weighted by Gasteiger charge is -2.28. The molecule has 8 nitrogen and oxygen atoms in total. The highest BCUT2D eigenvalue weighted by molar-refractivity contribution is 7.93. The van der Waals surface area contributed by atoms with Gasteiger partial charge in [-0.05, 0) is 50.5 Å². The molecular weight excluding hydrogens is 394 g/mol. The van der Waals surface area contributed by atoms with E-state index in [0.29, 0.717) is 12.2 Å². The molecule has 1 aliphatic heterocycles. The fraction of sp³-hybridized carbons (Fsp3) is 0.600. The van der Waals surface area contributed by atoms with Crippen LogP contribution in [0.3, 0.4) is 0 Å². The van der Waals surface area contributed by atoms with Crippen molar-refractivity contribution in [3.8, 4) is 0 Å². The molecule has 1 amide bonds. The third-order valence-corrected chi connectivity index (χ3v) is 6.18. The molecule has 9 heteroatoms. The zero-order valence-corrected chi connectivity index (χ0v) is 18.2. The Hall–Kier alpha value is -2.29. The predicted molar refractivity (Wildman–Crippen MR) is 113 cm³/mol. The summed E-state index contributed by atoms with van der Waals surface area (Å²) in [5.74, 6) is -2.20. The standard InChI is InChI=1S/C20H31N3O5S/c1-4-22(14-16(2)20(25)28-3)19(24)15-29(26,27)21-17-8-10-18(11-9-17)23-12-6-5-7-13-23/h8-11,16,21H,4-7,12-15H2,1-3H3. The van der Waals surface area contributed by atoms with Crippen molar-refractivity contribution >= 4 is 33.3 Å². The maximum atomic E-state index is 12.4. The Morgan fingerprint density at radius 2 is 1.79 bits per heavy atom. The van der Waals surface area contributed by atoms with Crippen LogP contribution in [0.15, 0.2) is 24.3 Å². The van der Waals surface area contributed by atoms with Crippen molar-refractivity contribution in [3.63, 3.8) is 0 Å². The molecule has 0 radical (unpaired) electrons. The van der Waals surface area contributed by atoms with Gasteiger partial charge in [0, 0.05) is 37.6 Å². The number of amides is 1. The number of sulfonamides is 1. The van der Waals surface area contributed by atoms with Crippen molar-refractivity contribution in [1.29, 1.82) is 0 Å². The summed E-state index contributed by atoms with van der Waals surface area (Å²) < 4.78 is 32.0. The van der Waals surface area contributed by atoms with Crippen LogP contribution in [0, 0.1) is 5.92 Å². The topological polar surface area (TPSA) is 96.0 Å². The van der Waals surface area contributed by atoms with E-state index in [1.807, 2.05) is 12.1 Å². The molecule has 162 valence electrons. The van der Waals surface area contributed by atoms with E-state index in [1.165, 1.54) is 31.3 Å². The number of hydrogen-bond acceptors (Lipinski definition) is 6. The van der Waals surface area contributed by atoms with Crippen LogP contribution in [0.4, 0.5) is 11.4 Å². The lowest BCUT2D eigenvalue weighted by molar-refractivity contribution is -0.146. The van der Waals surface area contributed by atoms with Crippen molar-refractivity contribution in [2.45, 2.75) is 33.1 Å². The average molecular weight is 426 g/mol. The molecule has 1 saturated heterocycles. The molecule has 0 aromatic heterocycles. The van der Waals surface area contributed by atoms with Gasteiger partial charge in [0.25, 0.3) is 0 Å². The minimum atomic E-state index is -3.86. The van der Waals surface area contributed by atoms with Crippen LogP contribution < -0.4 is 9.62 Å². The molecule has 2 rings (SSSR count). The second kappa shape index (κ2) is 10.5. The number of anilines is 2. The van der Waals surface area contributed by atoms with Gasteiger partial charge in [-0.15, -0.1) is 0 Å². The van der Waals surface area contributed by atoms with Gasteiger partial charge in [-0.3, -0.25) is 14.3 Å². The highest BCUT2D eigenvalue weighted by Gasteiger charge is 2.25. The molecule has 0 aliphatic carbocycles. The maximum Gasteiger partial charge on any atom is 0.310 e. The van der Waals surface area contributed by atoms with Crippen molar-refractivity contribution in [2.24, 2.45) is 5.92 Å². The van der Waals surface area contributed by atoms with E-state index in [0.717, 1.165) is 18.8 Å². The zero-order chi connectivity index (χ0) is 21.4. The number of ether oxygens (including phenoxy) is 1. The first-order valence-corrected chi connectivity index (χ1v) is 11.6. The summed E-state index contributed by atoms with van der Waals surface area (Å²) in [6, 6.07) is 7.20. The molecule has 29 heavy (non-hydrogen) atoms. The van der Waals surface area contributed by atoms with Gasteiger partial charge >= 0.3 is 5.97 Å². The molecule has 1 aromatic carbocycles. The van der Waals surface area contributed by atoms with Gasteiger partial charge < -0.3 is 14.5 Å². The number of piperidine rings is 1. The van der Waals surface area contributed by atoms with E-state index in [1.54, 1.807) is 26.0 Å². The number of esters is 1. The number of hydrogen-bond donors (Lipinski definition) is 1. The Morgan fingerprint density at radius 1 is 1.17 bits per heavy atom. The molecular formula is C20H31N3O5S. The average Bonchev–Trinajstić information content (AvgIpc) is 2.71. The number of rotatable bonds is 9. The second-order valence-corrected chi connectivity index (χ2v) is 9.03. The molecule has 1 aliphatic rings. The monoisotopic (exact) mass is 425 g/mol. The Morgan fingerprint density at radius 3 is 2.34 bits per heavy atom. The van der Waals surface area contributed by atoms with Crippen LogP contribution in [0.2, 0.25) is 0 Å². The number of carbonyl (C=O) groups is 2. The lowest BCUT2D eigenvalue weighted by Crippen LogP contribution is -2.41. The van der Waals surface area contributed by atoms with E-state index in [9.17, 15) is 18.0 Å². The first-order chi connectivity index (χ1) is 13.8. The fourth-order valence-electron chi connectivity index (χ4n) is 3.38. The number of methoxy groups -OCH3 is 1. The summed E-state index contributed by atoms with van der Waals surface area (Å²) in [4.78, 5) is 27.6. The first-order valence-electron chi connectivity index (χ1n) is 9.97. The summed E-state index contributed by atoms with van der Waals surface area (Å²) in [7, 11) is -2.58. The second-order valence-electron chi connectivity index (χ2n) is 7.31. The van der Waals surface area contributed by atoms with Gasteiger partial charge in [0.15, 0.2) is 0 Å². The third-order valence-electron chi connectivity index (χ3n) is 5.01. The van der Waals surface area contributed by atoms with Crippen molar-refractivity contribution in [1.82, 2.24) is 4.90 Å². The number of benzene rings is 1. The molecule has 1 N–H and O–H groups in total. The minimum Gasteiger partial charge on any atom is -0.469 e. The van der Waals surface area contributed by atoms with Crippen molar-refractivity contribution in [3.05, 3.63) is 24.3 Å². The van der Waals surface area contributed by atoms with Crippen LogP contribution >= 0.6 is 0 Å². The van der Waals surface area contributed by atoms with Crippen LogP contribution in [0.25, 0.3) is 0 Å². The Bertz CT molecular complexity index is 789. The predicted octanol–water partition coefficient (Wildman–Crippen LogP) is 2.08. The largest absolute Gasteiger partial charge is 0.469 e. The zero-order valence-electron chi connectivity index (χ0n) is 17.4. The van der Waals surface area contributed by atoms with Crippen molar-refractivity contribution in [2.75, 3.05) is 48.7 Å². The van der Waals surface area contributed by atoms with Gasteiger partial charge in [0.1, 0.15) is 5.75 Å². The van der Waals surface area contributed by atoms with Crippen LogP contribution in [0.5, 0.6) is 0 Å². The SMILES string of the molecule is CCN(CC(C)C(=O)OC)C(=O)CS(=O)(=O)Nc1ccc(N2CCCCC2)cc1. The number of nitrogens with zero attached hydrogens (tertiary/aromatic N) is 2. The van der Waals surface area contributed by atoms with Gasteiger partial charge in [-0.2, -0.15) is 0 Å². The molecule has 0 spiro atoms. The molecule has 1 atom stereocenters. The van der Waals surface area contributed by atoms with E-state index in [-0.39, 0.29) is 6.54 Å². The summed E-state index contributed by atoms with van der Waals surface area (Å²) in [6.07, 6.45) is 3.58. The summed E-state index contributed by atoms with van der Waals surface area (Å²) >= 11 is 0. The third kappa shape index (κ3) is 6.92. The lowest BCUT2D eigenvalue weighted by atomic mass is 10.1. The van der Waals surface area contributed by atoms with Crippen molar-refractivity contribution < 1.29 is 22.7 Å². The number of nitrogens with one attached hydrogen (secondary N) is 1. The van der Waals surface area contributed by atoms with Crippen LogP contribution in [0.1, 0.15) is 33.1 Å². The molecule has 1 aromatic rings. The van der Waals surface area contributed by atoms with Crippen LogP contribution in [-0.2, 0) is 24.3 Å². The normalized spacial score (nSPS) is 15.5. The van der Waals surface area contributed by atoms with Gasteiger partial charge in [-0.1, -0.05) is 6.92 Å². The maximum absolute atomic E-state index is 12.4. The molecule has 0 saturated carbocycles. The fourth-order valence-corrected chi connectivity index (χ4v) is 4.45. The summed E-state index contributed by atoms with van der Waals surface area (Å²) in [6.45, 7) is 5.81. The molecule has 0 bridgehead atoms. The summed E-state index contributed by atoms with van der Waals surface area (Å²) in [5, 5.41) is 0. The van der Waals surface area contributed by atoms with E-state index < -0.39 is 33.6 Å². The Labute approximate surface area is 173 Å².